The number of rotatable bonds is 8. The van der Waals surface area contributed by atoms with Gasteiger partial charge in [0.1, 0.15) is 0 Å². The standard InChI is InChI=1S/C18H15N3O.C17H13N3O2/c1-13(22)14-6-9-16(10-7-14)21-19-12-17-11-8-15-4-2-3-5-18(15)20-17;21-17(22)13-6-8-14(9-7-13)20-18-11-15-10-5-12-3-1-2-4-16(12)19-15/h2-12,21H,1H3;1-11,20H,(H,21,22)/b19-12+;18-11+. The second-order valence-electron chi connectivity index (χ2n) is 9.61. The average molecular weight is 581 g/mol. The smallest absolute Gasteiger partial charge is 0.335 e. The number of nitrogens with zero attached hydrogens (tertiary/aromatic N) is 4. The molecule has 0 amide bonds. The van der Waals surface area contributed by atoms with Crippen LogP contribution in [0.1, 0.15) is 39.0 Å². The minimum absolute atomic E-state index is 0.0513. The van der Waals surface area contributed by atoms with Crippen molar-refractivity contribution >= 4 is 57.4 Å². The molecular formula is C35H28N6O3. The summed E-state index contributed by atoms with van der Waals surface area (Å²) in [5.41, 5.74) is 11.6. The van der Waals surface area contributed by atoms with Crippen molar-refractivity contribution < 1.29 is 14.7 Å². The topological polar surface area (TPSA) is 129 Å². The molecule has 0 spiro atoms. The van der Waals surface area contributed by atoms with Crippen molar-refractivity contribution in [1.82, 2.24) is 9.97 Å². The number of carboxylic acids is 1. The number of hydrogen-bond acceptors (Lipinski definition) is 8. The number of carbonyl (C=O) groups is 2. The summed E-state index contributed by atoms with van der Waals surface area (Å²) in [6.07, 6.45) is 3.29. The number of ketones is 1. The lowest BCUT2D eigenvalue weighted by Crippen LogP contribution is -1.97. The Morgan fingerprint density at radius 1 is 0.591 bits per heavy atom. The maximum Gasteiger partial charge on any atom is 0.335 e. The second kappa shape index (κ2) is 14.1. The molecule has 6 rings (SSSR count). The van der Waals surface area contributed by atoms with Gasteiger partial charge in [-0.15, -0.1) is 0 Å². The summed E-state index contributed by atoms with van der Waals surface area (Å²) < 4.78 is 0. The lowest BCUT2D eigenvalue weighted by Gasteiger charge is -2.01. The maximum atomic E-state index is 11.2. The van der Waals surface area contributed by atoms with E-state index in [9.17, 15) is 9.59 Å². The molecule has 44 heavy (non-hydrogen) atoms. The fraction of sp³-hybridized carbons (Fsp3) is 0.0286. The van der Waals surface area contributed by atoms with Gasteiger partial charge in [-0.3, -0.25) is 15.6 Å². The minimum Gasteiger partial charge on any atom is -0.478 e. The summed E-state index contributed by atoms with van der Waals surface area (Å²) in [6, 6.07) is 37.2. The number of hydrazone groups is 2. The first-order chi connectivity index (χ1) is 21.4. The number of carbonyl (C=O) groups excluding carboxylic acids is 1. The van der Waals surface area contributed by atoms with Crippen molar-refractivity contribution in [1.29, 1.82) is 0 Å². The van der Waals surface area contributed by atoms with Crippen LogP contribution in [-0.2, 0) is 0 Å². The Hall–Kier alpha value is -6.22. The van der Waals surface area contributed by atoms with Gasteiger partial charge in [0.15, 0.2) is 5.78 Å². The third-order valence-electron chi connectivity index (χ3n) is 6.44. The summed E-state index contributed by atoms with van der Waals surface area (Å²) >= 11 is 0. The average Bonchev–Trinajstić information content (AvgIpc) is 3.05. The van der Waals surface area contributed by atoms with Gasteiger partial charge in [0.05, 0.1) is 51.8 Å². The highest BCUT2D eigenvalue weighted by Crippen LogP contribution is 2.13. The predicted octanol–water partition coefficient (Wildman–Crippen LogP) is 7.26. The van der Waals surface area contributed by atoms with E-state index >= 15 is 0 Å². The minimum atomic E-state index is -0.949. The predicted molar refractivity (Wildman–Crippen MR) is 176 cm³/mol. The summed E-state index contributed by atoms with van der Waals surface area (Å²) in [5.74, 6) is -0.897. The molecule has 0 saturated heterocycles. The molecule has 0 aliphatic heterocycles. The van der Waals surface area contributed by atoms with E-state index in [1.54, 1.807) is 43.6 Å². The molecule has 0 unspecified atom stereocenters. The Kier molecular flexibility index (Phi) is 9.38. The highest BCUT2D eigenvalue weighted by Gasteiger charge is 2.01. The quantitative estimate of drug-likeness (QED) is 0.0981. The number of pyridine rings is 2. The first-order valence-corrected chi connectivity index (χ1v) is 13.7. The molecule has 0 bridgehead atoms. The fourth-order valence-electron chi connectivity index (χ4n) is 4.12. The Morgan fingerprint density at radius 2 is 1.02 bits per heavy atom. The Balaban J connectivity index is 0.000000175. The van der Waals surface area contributed by atoms with Crippen molar-refractivity contribution in [2.45, 2.75) is 6.92 Å². The zero-order valence-corrected chi connectivity index (χ0v) is 23.8. The number of anilines is 2. The van der Waals surface area contributed by atoms with Crippen LogP contribution in [0.4, 0.5) is 11.4 Å². The molecule has 9 heteroatoms. The largest absolute Gasteiger partial charge is 0.478 e. The van der Waals surface area contributed by atoms with Gasteiger partial charge in [-0.05, 0) is 79.7 Å². The van der Waals surface area contributed by atoms with Gasteiger partial charge < -0.3 is 5.11 Å². The van der Waals surface area contributed by atoms with Crippen molar-refractivity contribution in [2.24, 2.45) is 10.2 Å². The second-order valence-corrected chi connectivity index (χ2v) is 9.61. The van der Waals surface area contributed by atoms with Gasteiger partial charge in [-0.2, -0.15) is 10.2 Å². The fourth-order valence-corrected chi connectivity index (χ4v) is 4.12. The molecule has 0 radical (unpaired) electrons. The van der Waals surface area contributed by atoms with E-state index in [1.165, 1.54) is 12.1 Å². The number of Topliss-reactive ketones (excluding diaryl/α,β-unsaturated/α-hetero) is 1. The monoisotopic (exact) mass is 580 g/mol. The van der Waals surface area contributed by atoms with Crippen LogP contribution in [0.15, 0.2) is 132 Å². The van der Waals surface area contributed by atoms with Gasteiger partial charge in [0, 0.05) is 16.3 Å². The van der Waals surface area contributed by atoms with Crippen LogP contribution in [0.5, 0.6) is 0 Å². The van der Waals surface area contributed by atoms with E-state index in [4.69, 9.17) is 5.11 Å². The van der Waals surface area contributed by atoms with Crippen LogP contribution >= 0.6 is 0 Å². The van der Waals surface area contributed by atoms with E-state index < -0.39 is 5.97 Å². The zero-order valence-electron chi connectivity index (χ0n) is 23.8. The Morgan fingerprint density at radius 3 is 1.45 bits per heavy atom. The van der Waals surface area contributed by atoms with Gasteiger partial charge in [0.2, 0.25) is 0 Å². The molecule has 216 valence electrons. The maximum absolute atomic E-state index is 11.2. The zero-order chi connectivity index (χ0) is 30.7. The number of para-hydroxylation sites is 2. The number of aromatic carboxylic acids is 1. The number of aromatic nitrogens is 2. The highest BCUT2D eigenvalue weighted by atomic mass is 16.4. The molecular weight excluding hydrogens is 552 g/mol. The number of benzene rings is 4. The SMILES string of the molecule is CC(=O)c1ccc(N/N=C/c2ccc3ccccc3n2)cc1.O=C(O)c1ccc(N/N=C/c2ccc3ccccc3n2)cc1. The van der Waals surface area contributed by atoms with E-state index in [2.05, 4.69) is 31.0 Å². The number of carboxylic acid groups (broad SMARTS) is 1. The Labute approximate surface area is 253 Å². The molecule has 9 nitrogen and oxygen atoms in total. The van der Waals surface area contributed by atoms with Crippen LogP contribution in [0, 0.1) is 0 Å². The van der Waals surface area contributed by atoms with Gasteiger partial charge in [0.25, 0.3) is 0 Å². The van der Waals surface area contributed by atoms with Crippen molar-refractivity contribution in [3.05, 3.63) is 144 Å². The number of fused-ring (bicyclic) bond motifs is 2. The molecule has 2 aromatic heterocycles. The van der Waals surface area contributed by atoms with Gasteiger partial charge in [-0.1, -0.05) is 48.5 Å². The molecule has 4 aromatic carbocycles. The van der Waals surface area contributed by atoms with E-state index in [0.717, 1.165) is 38.9 Å². The molecule has 0 aliphatic rings. The third-order valence-corrected chi connectivity index (χ3v) is 6.44. The first kappa shape index (κ1) is 29.3. The lowest BCUT2D eigenvalue weighted by atomic mass is 10.1. The van der Waals surface area contributed by atoms with Crippen molar-refractivity contribution in [3.8, 4) is 0 Å². The molecule has 2 heterocycles. The molecule has 0 fully saturated rings. The Bertz CT molecular complexity index is 1830. The number of nitrogens with one attached hydrogen (secondary N) is 2. The van der Waals surface area contributed by atoms with Gasteiger partial charge >= 0.3 is 5.97 Å². The molecule has 0 saturated carbocycles. The summed E-state index contributed by atoms with van der Waals surface area (Å²) in [7, 11) is 0. The molecule has 0 aliphatic carbocycles. The normalized spacial score (nSPS) is 10.9. The third kappa shape index (κ3) is 7.95. The van der Waals surface area contributed by atoms with Crippen LogP contribution < -0.4 is 10.9 Å². The van der Waals surface area contributed by atoms with Crippen LogP contribution in [0.25, 0.3) is 21.8 Å². The number of hydrogen-bond donors (Lipinski definition) is 3. The summed E-state index contributed by atoms with van der Waals surface area (Å²) in [6.45, 7) is 1.55. The van der Waals surface area contributed by atoms with E-state index in [0.29, 0.717) is 11.3 Å². The lowest BCUT2D eigenvalue weighted by molar-refractivity contribution is 0.0696. The first-order valence-electron chi connectivity index (χ1n) is 13.7. The highest BCUT2D eigenvalue weighted by molar-refractivity contribution is 5.94. The van der Waals surface area contributed by atoms with Crippen molar-refractivity contribution in [3.63, 3.8) is 0 Å². The van der Waals surface area contributed by atoms with E-state index in [1.807, 2.05) is 84.9 Å². The molecule has 0 atom stereocenters. The van der Waals surface area contributed by atoms with Gasteiger partial charge in [-0.25, -0.2) is 14.8 Å². The van der Waals surface area contributed by atoms with Crippen LogP contribution in [0.3, 0.4) is 0 Å². The van der Waals surface area contributed by atoms with Crippen molar-refractivity contribution in [2.75, 3.05) is 10.9 Å². The van der Waals surface area contributed by atoms with Crippen LogP contribution in [0.2, 0.25) is 0 Å². The van der Waals surface area contributed by atoms with Crippen LogP contribution in [-0.4, -0.2) is 39.3 Å². The summed E-state index contributed by atoms with van der Waals surface area (Å²) in [5, 5.41) is 19.3. The summed E-state index contributed by atoms with van der Waals surface area (Å²) in [4.78, 5) is 31.0. The van der Waals surface area contributed by atoms with E-state index in [-0.39, 0.29) is 11.3 Å². The molecule has 3 N–H and O–H groups in total. The molecule has 6 aromatic rings.